The van der Waals surface area contributed by atoms with Crippen LogP contribution in [0, 0.1) is 0 Å². The number of nitrogens with one attached hydrogen (secondary N) is 1. The summed E-state index contributed by atoms with van der Waals surface area (Å²) in [4.78, 5) is 25.7. The van der Waals surface area contributed by atoms with Crippen LogP contribution in [0.3, 0.4) is 0 Å². The molecule has 0 radical (unpaired) electrons. The fourth-order valence-corrected chi connectivity index (χ4v) is 3.02. The number of rotatable bonds is 6. The summed E-state index contributed by atoms with van der Waals surface area (Å²) in [6.45, 7) is -0.111. The number of aromatic hydroxyl groups is 1. The number of benzene rings is 2. The molecule has 12 heteroatoms. The monoisotopic (exact) mass is 470 g/mol. The first-order valence-electron chi connectivity index (χ1n) is 9.15. The minimum atomic E-state index is -4.49. The number of nitrogens with zero attached hydrogens (tertiary/aromatic N) is 3. The van der Waals surface area contributed by atoms with Crippen LogP contribution in [0.2, 0.25) is 5.02 Å². The molecule has 0 unspecified atom stereocenters. The Morgan fingerprint density at radius 2 is 1.91 bits per heavy atom. The number of likely N-dealkylation sites (N-methyl/N-ethyl adjacent to an activating group) is 1. The van der Waals surface area contributed by atoms with Gasteiger partial charge in [-0.3, -0.25) is 4.79 Å². The number of hydrogen-bond acceptors (Lipinski definition) is 6. The van der Waals surface area contributed by atoms with E-state index in [1.807, 2.05) is 0 Å². The number of anilines is 1. The Hall–Kier alpha value is -3.31. The second-order valence-electron chi connectivity index (χ2n) is 7.15. The van der Waals surface area contributed by atoms with E-state index >= 15 is 0 Å². The van der Waals surface area contributed by atoms with Crippen LogP contribution in [-0.2, 0) is 17.5 Å². The predicted octanol–water partition coefficient (Wildman–Crippen LogP) is 3.43. The first-order valence-corrected chi connectivity index (χ1v) is 9.53. The van der Waals surface area contributed by atoms with Crippen LogP contribution in [0.15, 0.2) is 45.6 Å². The molecule has 3 aromatic rings. The maximum atomic E-state index is 12.7. The fourth-order valence-electron chi connectivity index (χ4n) is 2.79. The van der Waals surface area contributed by atoms with E-state index in [4.69, 9.17) is 16.0 Å². The lowest BCUT2D eigenvalue weighted by molar-refractivity contribution is -0.137. The summed E-state index contributed by atoms with van der Waals surface area (Å²) < 4.78 is 44.0. The van der Waals surface area contributed by atoms with Gasteiger partial charge in [0.1, 0.15) is 5.75 Å². The summed E-state index contributed by atoms with van der Waals surface area (Å²) in [6.07, 6.45) is -4.49. The van der Waals surface area contributed by atoms with E-state index in [1.165, 1.54) is 12.1 Å². The summed E-state index contributed by atoms with van der Waals surface area (Å²) >= 11 is 6.18. The van der Waals surface area contributed by atoms with Gasteiger partial charge in [-0.1, -0.05) is 11.6 Å². The van der Waals surface area contributed by atoms with Crippen LogP contribution in [-0.4, -0.2) is 46.3 Å². The van der Waals surface area contributed by atoms with E-state index in [0.717, 1.165) is 28.9 Å². The van der Waals surface area contributed by atoms with Gasteiger partial charge in [-0.15, -0.1) is 5.10 Å². The standard InChI is InChI=1S/C20H18ClF3N4O4/c1-27(2)10-17(30)25-15-8-16(29)12(7-14(15)21)9-28-19(31)32-18(26-28)11-3-5-13(6-4-11)20(22,23)24/h3-8,29H,9-10H2,1-2H3,(H,25,30). The molecular formula is C20H18ClF3N4O4. The largest absolute Gasteiger partial charge is 0.508 e. The van der Waals surface area contributed by atoms with Gasteiger partial charge < -0.3 is 19.7 Å². The number of alkyl halides is 3. The van der Waals surface area contributed by atoms with Crippen LogP contribution in [0.25, 0.3) is 11.5 Å². The Morgan fingerprint density at radius 3 is 2.50 bits per heavy atom. The molecule has 2 N–H and O–H groups in total. The molecule has 1 amide bonds. The highest BCUT2D eigenvalue weighted by molar-refractivity contribution is 6.33. The minimum absolute atomic E-state index is 0.111. The molecule has 0 spiro atoms. The van der Waals surface area contributed by atoms with Crippen molar-refractivity contribution in [3.8, 4) is 17.2 Å². The van der Waals surface area contributed by atoms with Crippen molar-refractivity contribution in [2.24, 2.45) is 0 Å². The van der Waals surface area contributed by atoms with Crippen molar-refractivity contribution < 1.29 is 27.5 Å². The van der Waals surface area contributed by atoms with Gasteiger partial charge in [-0.2, -0.15) is 17.9 Å². The number of hydrogen-bond donors (Lipinski definition) is 2. The number of aromatic nitrogens is 2. The van der Waals surface area contributed by atoms with Gasteiger partial charge in [0.05, 0.1) is 29.4 Å². The van der Waals surface area contributed by atoms with Gasteiger partial charge in [0.25, 0.3) is 0 Å². The van der Waals surface area contributed by atoms with Gasteiger partial charge in [0.2, 0.25) is 11.8 Å². The zero-order chi connectivity index (χ0) is 23.6. The molecule has 3 rings (SSSR count). The summed E-state index contributed by atoms with van der Waals surface area (Å²) in [5.41, 5.74) is -0.261. The van der Waals surface area contributed by atoms with Crippen molar-refractivity contribution in [3.63, 3.8) is 0 Å². The number of carbonyl (C=O) groups excluding carboxylic acids is 1. The third-order valence-corrected chi connectivity index (χ3v) is 4.60. The van der Waals surface area contributed by atoms with Crippen molar-refractivity contribution in [1.29, 1.82) is 0 Å². The first-order chi connectivity index (χ1) is 14.9. The molecule has 0 saturated heterocycles. The average molecular weight is 471 g/mol. The molecule has 0 aliphatic rings. The second-order valence-corrected chi connectivity index (χ2v) is 7.56. The smallest absolute Gasteiger partial charge is 0.437 e. The first kappa shape index (κ1) is 23.4. The lowest BCUT2D eigenvalue weighted by Gasteiger charge is -2.13. The Morgan fingerprint density at radius 1 is 1.25 bits per heavy atom. The molecular weight excluding hydrogens is 453 g/mol. The Kier molecular flexibility index (Phi) is 6.60. The molecule has 2 aromatic carbocycles. The van der Waals surface area contributed by atoms with Crippen LogP contribution in [0.4, 0.5) is 18.9 Å². The molecule has 170 valence electrons. The van der Waals surface area contributed by atoms with Gasteiger partial charge in [0.15, 0.2) is 0 Å². The van der Waals surface area contributed by atoms with E-state index in [9.17, 15) is 27.9 Å². The van der Waals surface area contributed by atoms with E-state index in [0.29, 0.717) is 0 Å². The Labute approximate surface area is 184 Å². The SMILES string of the molecule is CN(C)CC(=O)Nc1cc(O)c(Cn2nc(-c3ccc(C(F)(F)F)cc3)oc2=O)cc1Cl. The number of halogens is 4. The van der Waals surface area contributed by atoms with Crippen LogP contribution >= 0.6 is 11.6 Å². The Balaban J connectivity index is 1.81. The van der Waals surface area contributed by atoms with Gasteiger partial charge in [-0.05, 0) is 44.4 Å². The number of phenols is 1. The van der Waals surface area contributed by atoms with E-state index in [-0.39, 0.29) is 52.5 Å². The molecule has 0 fully saturated rings. The van der Waals surface area contributed by atoms with Gasteiger partial charge in [-0.25, -0.2) is 4.79 Å². The molecule has 32 heavy (non-hydrogen) atoms. The minimum Gasteiger partial charge on any atom is -0.508 e. The zero-order valence-electron chi connectivity index (χ0n) is 16.9. The predicted molar refractivity (Wildman–Crippen MR) is 111 cm³/mol. The van der Waals surface area contributed by atoms with E-state index in [2.05, 4.69) is 10.4 Å². The lowest BCUT2D eigenvalue weighted by atomic mass is 10.1. The van der Waals surface area contributed by atoms with Crippen molar-refractivity contribution >= 4 is 23.2 Å². The summed E-state index contributed by atoms with van der Waals surface area (Å²) in [5, 5.41) is 17.0. The van der Waals surface area contributed by atoms with Crippen LogP contribution in [0.1, 0.15) is 11.1 Å². The van der Waals surface area contributed by atoms with Crippen LogP contribution < -0.4 is 11.1 Å². The Bertz CT molecular complexity index is 1190. The molecule has 0 aliphatic carbocycles. The summed E-state index contributed by atoms with van der Waals surface area (Å²) in [6, 6.07) is 6.58. The average Bonchev–Trinajstić information content (AvgIpc) is 3.05. The van der Waals surface area contributed by atoms with Crippen molar-refractivity contribution in [2.45, 2.75) is 12.7 Å². The highest BCUT2D eigenvalue weighted by Gasteiger charge is 2.30. The number of carbonyl (C=O) groups is 1. The summed E-state index contributed by atoms with van der Waals surface area (Å²) in [5.74, 6) is -1.64. The quantitative estimate of drug-likeness (QED) is 0.572. The fraction of sp³-hybridized carbons (Fsp3) is 0.250. The van der Waals surface area contributed by atoms with E-state index in [1.54, 1.807) is 19.0 Å². The van der Waals surface area contributed by atoms with Gasteiger partial charge >= 0.3 is 11.9 Å². The maximum Gasteiger partial charge on any atom is 0.437 e. The van der Waals surface area contributed by atoms with Crippen molar-refractivity contribution in [3.05, 3.63) is 63.1 Å². The third kappa shape index (κ3) is 5.48. The number of amides is 1. The molecule has 0 atom stereocenters. The van der Waals surface area contributed by atoms with Crippen molar-refractivity contribution in [2.75, 3.05) is 26.0 Å². The molecule has 0 bridgehead atoms. The maximum absolute atomic E-state index is 12.7. The topological polar surface area (TPSA) is 101 Å². The molecule has 0 aliphatic heterocycles. The molecule has 1 aromatic heterocycles. The molecule has 1 heterocycles. The molecule has 0 saturated carbocycles. The zero-order valence-corrected chi connectivity index (χ0v) is 17.7. The van der Waals surface area contributed by atoms with Crippen LogP contribution in [0.5, 0.6) is 5.75 Å². The van der Waals surface area contributed by atoms with E-state index < -0.39 is 17.5 Å². The summed E-state index contributed by atoms with van der Waals surface area (Å²) in [7, 11) is 3.44. The second kappa shape index (κ2) is 9.05. The third-order valence-electron chi connectivity index (χ3n) is 4.29. The highest BCUT2D eigenvalue weighted by Crippen LogP contribution is 2.32. The lowest BCUT2D eigenvalue weighted by Crippen LogP contribution is -2.27. The molecule has 8 nitrogen and oxygen atoms in total. The highest BCUT2D eigenvalue weighted by atomic mass is 35.5. The normalized spacial score (nSPS) is 11.7. The van der Waals surface area contributed by atoms with Gasteiger partial charge in [0, 0.05) is 17.2 Å². The van der Waals surface area contributed by atoms with Crippen molar-refractivity contribution in [1.82, 2.24) is 14.7 Å². The number of phenolic OH excluding ortho intramolecular Hbond substituents is 1.